The minimum absolute atomic E-state index is 0.222. The van der Waals surface area contributed by atoms with Gasteiger partial charge in [-0.1, -0.05) is 13.0 Å². The molecule has 0 aromatic heterocycles. The summed E-state index contributed by atoms with van der Waals surface area (Å²) in [4.78, 5) is 55.0. The van der Waals surface area contributed by atoms with E-state index in [1.54, 1.807) is 26.8 Å². The maximum atomic E-state index is 14.3. The Morgan fingerprint density at radius 3 is 2.27 bits per heavy atom. The van der Waals surface area contributed by atoms with Crippen LogP contribution in [0.15, 0.2) is 11.6 Å². The molecule has 288 valence electrons. The molecule has 0 aromatic carbocycles. The van der Waals surface area contributed by atoms with Gasteiger partial charge in [-0.2, -0.15) is 0 Å². The van der Waals surface area contributed by atoms with Gasteiger partial charge in [0.1, 0.15) is 34.4 Å². The first-order valence-electron chi connectivity index (χ1n) is 17.9. The smallest absolute Gasteiger partial charge is 0.366 e. The predicted molar refractivity (Wildman–Crippen MR) is 169 cm³/mol. The fraction of sp³-hybridized carbons (Fsp3) is 0.833. The second-order valence-corrected chi connectivity index (χ2v) is 16.2. The third-order valence-corrected chi connectivity index (χ3v) is 14.7. The van der Waals surface area contributed by atoms with E-state index >= 15 is 0 Å². The quantitative estimate of drug-likeness (QED) is 0.156. The van der Waals surface area contributed by atoms with E-state index in [0.29, 0.717) is 12.8 Å². The topological polar surface area (TPSA) is 204 Å². The van der Waals surface area contributed by atoms with Crippen molar-refractivity contribution in [3.63, 3.8) is 0 Å². The lowest BCUT2D eigenvalue weighted by molar-refractivity contribution is -0.319. The number of ether oxygens (including phenoxy) is 10. The minimum Gasteiger partial charge on any atom is -0.468 e. The summed E-state index contributed by atoms with van der Waals surface area (Å²) in [5.74, 6) is -8.32. The van der Waals surface area contributed by atoms with Crippen LogP contribution in [0.25, 0.3) is 0 Å². The lowest BCUT2D eigenvalue weighted by Gasteiger charge is -2.66. The maximum absolute atomic E-state index is 14.3. The summed E-state index contributed by atoms with van der Waals surface area (Å²) in [6.45, 7) is 7.67. The molecule has 52 heavy (non-hydrogen) atoms. The van der Waals surface area contributed by atoms with Crippen molar-refractivity contribution in [1.82, 2.24) is 0 Å². The Hall–Kier alpha value is -2.70. The van der Waals surface area contributed by atoms with Gasteiger partial charge in [-0.3, -0.25) is 9.59 Å². The molecule has 5 heterocycles. The van der Waals surface area contributed by atoms with E-state index in [4.69, 9.17) is 47.4 Å². The van der Waals surface area contributed by atoms with E-state index in [1.165, 1.54) is 28.3 Å². The largest absolute Gasteiger partial charge is 0.468 e. The van der Waals surface area contributed by atoms with Crippen LogP contribution in [0.1, 0.15) is 53.9 Å². The highest BCUT2D eigenvalue weighted by Gasteiger charge is 2.97. The summed E-state index contributed by atoms with van der Waals surface area (Å²) in [7, 11) is 3.65. The molecular weight excluding hydrogens is 688 g/mol. The van der Waals surface area contributed by atoms with Crippen LogP contribution in [0.4, 0.5) is 0 Å². The number of epoxide rings is 1. The summed E-state index contributed by atoms with van der Waals surface area (Å²) in [5, 5.41) is 25.1. The molecule has 3 saturated carbocycles. The minimum atomic E-state index is -2.27. The molecular formula is C36H48O16. The fourth-order valence-electron chi connectivity index (χ4n) is 12.7. The summed E-state index contributed by atoms with van der Waals surface area (Å²) in [6, 6.07) is 0. The average molecular weight is 737 g/mol. The highest BCUT2D eigenvalue weighted by Crippen LogP contribution is 2.83. The number of aliphatic hydroxyl groups is 2. The van der Waals surface area contributed by atoms with Gasteiger partial charge in [0.05, 0.1) is 52.4 Å². The zero-order valence-electron chi connectivity index (χ0n) is 30.6. The first-order valence-corrected chi connectivity index (χ1v) is 17.9. The van der Waals surface area contributed by atoms with Crippen molar-refractivity contribution in [2.24, 2.45) is 34.0 Å². The lowest BCUT2D eigenvalue weighted by atomic mass is 9.37. The van der Waals surface area contributed by atoms with Crippen molar-refractivity contribution in [3.8, 4) is 0 Å². The fourth-order valence-corrected chi connectivity index (χ4v) is 12.7. The molecule has 5 aliphatic heterocycles. The molecule has 16 atom stereocenters. The normalized spacial score (nSPS) is 53.6. The monoisotopic (exact) mass is 736 g/mol. The molecule has 8 rings (SSSR count). The molecule has 0 amide bonds. The van der Waals surface area contributed by atoms with Gasteiger partial charge >= 0.3 is 23.9 Å². The van der Waals surface area contributed by atoms with Gasteiger partial charge < -0.3 is 57.6 Å². The van der Waals surface area contributed by atoms with Gasteiger partial charge in [0, 0.05) is 61.0 Å². The third-order valence-electron chi connectivity index (χ3n) is 14.7. The molecule has 1 spiro atoms. The van der Waals surface area contributed by atoms with E-state index in [1.807, 2.05) is 6.92 Å². The van der Waals surface area contributed by atoms with E-state index in [-0.39, 0.29) is 31.8 Å². The van der Waals surface area contributed by atoms with Crippen LogP contribution < -0.4 is 0 Å². The molecule has 8 aliphatic rings. The summed E-state index contributed by atoms with van der Waals surface area (Å²) in [6.07, 6.45) is -4.92. The summed E-state index contributed by atoms with van der Waals surface area (Å²) >= 11 is 0. The SMILES string of the molecule is C/C=C(\C)C(=O)O[C@H]1C[C@@H](OC(C)=O)[C@@]2(C(=O)OC)CO[C@H]3[C@@H](O)[C@@](C)([C@]45O[C@@]4(C)[C@H]4C[C@@H]5O[C@@H]5OCC[C@@]54O)[C@@H]4[C@@](OC)(C(=O)OC)OC[C@@]14[C@@H]32. The number of methoxy groups -OCH3 is 3. The van der Waals surface area contributed by atoms with Crippen molar-refractivity contribution >= 4 is 23.9 Å². The molecule has 8 fully saturated rings. The first-order chi connectivity index (χ1) is 24.5. The van der Waals surface area contributed by atoms with Crippen LogP contribution in [-0.2, 0) is 66.5 Å². The third kappa shape index (κ3) is 3.76. The average Bonchev–Trinajstić information content (AvgIpc) is 3.52. The van der Waals surface area contributed by atoms with Gasteiger partial charge in [-0.15, -0.1) is 0 Å². The second kappa shape index (κ2) is 11.2. The highest BCUT2D eigenvalue weighted by atomic mass is 16.7. The van der Waals surface area contributed by atoms with Crippen LogP contribution in [0.5, 0.6) is 0 Å². The number of hydrogen-bond donors (Lipinski definition) is 2. The molecule has 0 unspecified atom stereocenters. The van der Waals surface area contributed by atoms with Crippen molar-refractivity contribution < 1.29 is 76.8 Å². The van der Waals surface area contributed by atoms with Gasteiger partial charge in [0.15, 0.2) is 6.29 Å². The maximum Gasteiger partial charge on any atom is 0.366 e. The Balaban J connectivity index is 1.41. The van der Waals surface area contributed by atoms with E-state index in [2.05, 4.69) is 0 Å². The first kappa shape index (κ1) is 36.3. The number of hydrogen-bond acceptors (Lipinski definition) is 16. The van der Waals surface area contributed by atoms with Crippen molar-refractivity contribution in [1.29, 1.82) is 0 Å². The van der Waals surface area contributed by atoms with Gasteiger partial charge in [0.25, 0.3) is 5.79 Å². The van der Waals surface area contributed by atoms with Gasteiger partial charge in [-0.05, 0) is 27.2 Å². The Kier molecular flexibility index (Phi) is 7.80. The van der Waals surface area contributed by atoms with Crippen LogP contribution in [0, 0.1) is 34.0 Å². The Morgan fingerprint density at radius 1 is 0.923 bits per heavy atom. The molecule has 2 bridgehead atoms. The summed E-state index contributed by atoms with van der Waals surface area (Å²) < 4.78 is 61.5. The molecule has 0 aromatic rings. The number of fused-ring (bicyclic) bond motifs is 7. The van der Waals surface area contributed by atoms with Crippen molar-refractivity contribution in [2.75, 3.05) is 41.2 Å². The lowest BCUT2D eigenvalue weighted by Crippen LogP contribution is -2.79. The standard InChI is InChI=1S/C36H48O16/c1-9-16(2)25(39)50-19-13-20(49-17(3)37)33(27(40)43-6)14-47-22-23(33)32(19)15-48-35(45-8,28(41)44-7)26(32)30(4,24(22)38)36-21-12-18(31(36,5)52-36)34(42)10-11-46-29(34)51-21/h9,18-24,26,29,38,42H,10-15H2,1-8H3/b16-9+/t18-,19+,20-,21+,22-,23-,24-,26+,29+,30-,31+,32+,33+,34+,35+,36+/m1/s1. The predicted octanol–water partition coefficient (Wildman–Crippen LogP) is 0.327. The van der Waals surface area contributed by atoms with Crippen LogP contribution >= 0.6 is 0 Å². The molecule has 2 N–H and O–H groups in total. The van der Waals surface area contributed by atoms with Gasteiger partial charge in [0.2, 0.25) is 0 Å². The number of esters is 4. The zero-order valence-corrected chi connectivity index (χ0v) is 30.6. The number of carbonyl (C=O) groups is 4. The van der Waals surface area contributed by atoms with Crippen LogP contribution in [0.2, 0.25) is 0 Å². The van der Waals surface area contributed by atoms with Gasteiger partial charge in [-0.25, -0.2) is 9.59 Å². The van der Waals surface area contributed by atoms with E-state index in [9.17, 15) is 29.4 Å². The number of rotatable bonds is 7. The number of carbonyl (C=O) groups excluding carboxylic acids is 4. The molecule has 16 heteroatoms. The molecule has 0 radical (unpaired) electrons. The van der Waals surface area contributed by atoms with E-state index < -0.39 is 117 Å². The summed E-state index contributed by atoms with van der Waals surface area (Å²) in [5.41, 5.74) is -8.64. The van der Waals surface area contributed by atoms with Crippen LogP contribution in [0.3, 0.4) is 0 Å². The highest BCUT2D eigenvalue weighted by molar-refractivity contribution is 5.88. The zero-order chi connectivity index (χ0) is 37.6. The number of allylic oxidation sites excluding steroid dienone is 1. The molecule has 16 nitrogen and oxygen atoms in total. The Morgan fingerprint density at radius 2 is 1.63 bits per heavy atom. The molecule has 3 aliphatic carbocycles. The van der Waals surface area contributed by atoms with Crippen LogP contribution in [-0.4, -0.2) is 135 Å². The second-order valence-electron chi connectivity index (χ2n) is 16.2. The van der Waals surface area contributed by atoms with Crippen molar-refractivity contribution in [3.05, 3.63) is 11.6 Å². The Labute approximate surface area is 300 Å². The van der Waals surface area contributed by atoms with E-state index in [0.717, 1.165) is 0 Å². The van der Waals surface area contributed by atoms with Crippen molar-refractivity contribution in [2.45, 2.75) is 113 Å². The number of aliphatic hydroxyl groups excluding tert-OH is 1. The molecule has 5 saturated heterocycles. The Bertz CT molecular complexity index is 1630.